The van der Waals surface area contributed by atoms with Gasteiger partial charge in [-0.1, -0.05) is 11.6 Å². The van der Waals surface area contributed by atoms with Gasteiger partial charge in [0, 0.05) is 30.1 Å². The third-order valence-electron chi connectivity index (χ3n) is 3.60. The van der Waals surface area contributed by atoms with E-state index in [4.69, 9.17) is 16.6 Å². The van der Waals surface area contributed by atoms with Crippen LogP contribution in [0.3, 0.4) is 0 Å². The zero-order chi connectivity index (χ0) is 13.4. The third kappa shape index (κ3) is 2.77. The van der Waals surface area contributed by atoms with Crippen LogP contribution in [0.25, 0.3) is 11.0 Å². The van der Waals surface area contributed by atoms with Crippen LogP contribution < -0.4 is 5.32 Å². The number of nitrogens with one attached hydrogen (secondary N) is 1. The van der Waals surface area contributed by atoms with Gasteiger partial charge in [-0.15, -0.1) is 0 Å². The van der Waals surface area contributed by atoms with Crippen molar-refractivity contribution in [3.63, 3.8) is 0 Å². The molecule has 1 aliphatic rings. The molecule has 1 aromatic heterocycles. The molecule has 4 heteroatoms. The molecule has 0 saturated heterocycles. The average Bonchev–Trinajstić information content (AvgIpc) is 3.09. The highest BCUT2D eigenvalue weighted by atomic mass is 35.5. The molecule has 0 aliphatic heterocycles. The number of rotatable bonds is 5. The lowest BCUT2D eigenvalue weighted by atomic mass is 10.3. The van der Waals surface area contributed by atoms with Gasteiger partial charge in [0.25, 0.3) is 0 Å². The molecule has 0 bridgehead atoms. The van der Waals surface area contributed by atoms with Crippen LogP contribution in [0.15, 0.2) is 18.2 Å². The number of hydrogen-bond acceptors (Lipinski definition) is 2. The van der Waals surface area contributed by atoms with Gasteiger partial charge in [-0.25, -0.2) is 4.98 Å². The largest absolute Gasteiger partial charge is 0.325 e. The molecule has 0 atom stereocenters. The van der Waals surface area contributed by atoms with E-state index in [2.05, 4.69) is 23.7 Å². The van der Waals surface area contributed by atoms with Crippen LogP contribution in [0.5, 0.6) is 0 Å². The van der Waals surface area contributed by atoms with E-state index in [-0.39, 0.29) is 0 Å². The number of fused-ring (bicyclic) bond motifs is 1. The summed E-state index contributed by atoms with van der Waals surface area (Å²) < 4.78 is 2.30. The van der Waals surface area contributed by atoms with Crippen molar-refractivity contribution in [3.8, 4) is 0 Å². The molecule has 1 saturated carbocycles. The van der Waals surface area contributed by atoms with E-state index in [0.717, 1.165) is 40.9 Å². The molecule has 1 fully saturated rings. The summed E-state index contributed by atoms with van der Waals surface area (Å²) in [6.45, 7) is 5.40. The predicted octanol–water partition coefficient (Wildman–Crippen LogP) is 3.57. The predicted molar refractivity (Wildman–Crippen MR) is 79.9 cm³/mol. The summed E-state index contributed by atoms with van der Waals surface area (Å²) in [4.78, 5) is 4.76. The standard InChI is InChI=1S/C15H20ClN3/c1-10(2)19-14-9-11(16)3-6-13(14)18-15(19)7-8-17-12-4-5-12/h3,6,9-10,12,17H,4-5,7-8H2,1-2H3. The fourth-order valence-electron chi connectivity index (χ4n) is 2.54. The smallest absolute Gasteiger partial charge is 0.111 e. The molecule has 1 aromatic carbocycles. The lowest BCUT2D eigenvalue weighted by molar-refractivity contribution is 0.568. The Morgan fingerprint density at radius 3 is 2.89 bits per heavy atom. The SMILES string of the molecule is CC(C)n1c(CCNC2CC2)nc2ccc(Cl)cc21. The molecule has 19 heavy (non-hydrogen) atoms. The highest BCUT2D eigenvalue weighted by Crippen LogP contribution is 2.24. The fourth-order valence-corrected chi connectivity index (χ4v) is 2.71. The first kappa shape index (κ1) is 12.9. The molecular formula is C15H20ClN3. The summed E-state index contributed by atoms with van der Waals surface area (Å²) in [7, 11) is 0. The van der Waals surface area contributed by atoms with Crippen molar-refractivity contribution in [2.75, 3.05) is 6.54 Å². The summed E-state index contributed by atoms with van der Waals surface area (Å²) >= 11 is 6.11. The molecule has 102 valence electrons. The summed E-state index contributed by atoms with van der Waals surface area (Å²) in [5.74, 6) is 1.15. The first-order chi connectivity index (χ1) is 9.15. The lowest BCUT2D eigenvalue weighted by Crippen LogP contribution is -2.21. The number of imidazole rings is 1. The second-order valence-electron chi connectivity index (χ2n) is 5.60. The van der Waals surface area contributed by atoms with Gasteiger partial charge in [-0.05, 0) is 44.9 Å². The number of halogens is 1. The van der Waals surface area contributed by atoms with Crippen LogP contribution in [0.2, 0.25) is 5.02 Å². The lowest BCUT2D eigenvalue weighted by Gasteiger charge is -2.13. The molecule has 2 aromatic rings. The van der Waals surface area contributed by atoms with Crippen LogP contribution in [-0.2, 0) is 6.42 Å². The molecule has 3 rings (SSSR count). The minimum absolute atomic E-state index is 0.402. The summed E-state index contributed by atoms with van der Waals surface area (Å²) in [6, 6.07) is 7.09. The molecule has 0 radical (unpaired) electrons. The maximum Gasteiger partial charge on any atom is 0.111 e. The Hall–Kier alpha value is -1.06. The van der Waals surface area contributed by atoms with Crippen molar-refractivity contribution in [2.24, 2.45) is 0 Å². The third-order valence-corrected chi connectivity index (χ3v) is 3.84. The van der Waals surface area contributed by atoms with Gasteiger partial charge in [-0.2, -0.15) is 0 Å². The molecule has 1 heterocycles. The normalized spacial score (nSPS) is 15.6. The summed E-state index contributed by atoms with van der Waals surface area (Å²) in [6.07, 6.45) is 3.63. The first-order valence-electron chi connectivity index (χ1n) is 7.05. The number of hydrogen-bond donors (Lipinski definition) is 1. The minimum Gasteiger partial charge on any atom is -0.325 e. The van der Waals surface area contributed by atoms with Gasteiger partial charge in [0.1, 0.15) is 5.82 Å². The Kier molecular flexibility index (Phi) is 3.50. The van der Waals surface area contributed by atoms with E-state index in [0.29, 0.717) is 6.04 Å². The van der Waals surface area contributed by atoms with Gasteiger partial charge < -0.3 is 9.88 Å². The maximum atomic E-state index is 6.11. The second kappa shape index (κ2) is 5.14. The molecule has 1 N–H and O–H groups in total. The van der Waals surface area contributed by atoms with Crippen LogP contribution >= 0.6 is 11.6 Å². The van der Waals surface area contributed by atoms with Gasteiger partial charge in [-0.3, -0.25) is 0 Å². The Balaban J connectivity index is 1.89. The Labute approximate surface area is 119 Å². The zero-order valence-electron chi connectivity index (χ0n) is 11.5. The van der Waals surface area contributed by atoms with Crippen molar-refractivity contribution in [3.05, 3.63) is 29.0 Å². The molecule has 0 spiro atoms. The molecule has 3 nitrogen and oxygen atoms in total. The van der Waals surface area contributed by atoms with Gasteiger partial charge in [0.05, 0.1) is 11.0 Å². The van der Waals surface area contributed by atoms with Crippen molar-refractivity contribution >= 4 is 22.6 Å². The molecule has 0 unspecified atom stereocenters. The van der Waals surface area contributed by atoms with E-state index in [1.165, 1.54) is 12.8 Å². The van der Waals surface area contributed by atoms with Crippen molar-refractivity contribution in [2.45, 2.75) is 45.2 Å². The van der Waals surface area contributed by atoms with Crippen LogP contribution in [0.4, 0.5) is 0 Å². The van der Waals surface area contributed by atoms with Gasteiger partial charge in [0.2, 0.25) is 0 Å². The van der Waals surface area contributed by atoms with E-state index in [1.807, 2.05) is 18.2 Å². The van der Waals surface area contributed by atoms with E-state index in [1.54, 1.807) is 0 Å². The summed E-state index contributed by atoms with van der Waals surface area (Å²) in [5.41, 5.74) is 2.18. The van der Waals surface area contributed by atoms with Crippen LogP contribution in [-0.4, -0.2) is 22.1 Å². The monoisotopic (exact) mass is 277 g/mol. The molecular weight excluding hydrogens is 258 g/mol. The quantitative estimate of drug-likeness (QED) is 0.906. The summed E-state index contributed by atoms with van der Waals surface area (Å²) in [5, 5.41) is 4.32. The van der Waals surface area contributed by atoms with E-state index in [9.17, 15) is 0 Å². The first-order valence-corrected chi connectivity index (χ1v) is 7.42. The highest BCUT2D eigenvalue weighted by Gasteiger charge is 2.20. The second-order valence-corrected chi connectivity index (χ2v) is 6.04. The topological polar surface area (TPSA) is 29.9 Å². The molecule has 1 aliphatic carbocycles. The van der Waals surface area contributed by atoms with Crippen LogP contribution in [0.1, 0.15) is 38.6 Å². The van der Waals surface area contributed by atoms with Crippen molar-refractivity contribution < 1.29 is 0 Å². The van der Waals surface area contributed by atoms with Gasteiger partial charge >= 0.3 is 0 Å². The number of nitrogens with zero attached hydrogens (tertiary/aromatic N) is 2. The Bertz CT molecular complexity index is 584. The fraction of sp³-hybridized carbons (Fsp3) is 0.533. The van der Waals surface area contributed by atoms with Gasteiger partial charge in [0.15, 0.2) is 0 Å². The molecule has 0 amide bonds. The zero-order valence-corrected chi connectivity index (χ0v) is 12.2. The number of benzene rings is 1. The average molecular weight is 278 g/mol. The highest BCUT2D eigenvalue weighted by molar-refractivity contribution is 6.31. The Morgan fingerprint density at radius 2 is 2.21 bits per heavy atom. The van der Waals surface area contributed by atoms with Crippen LogP contribution in [0, 0.1) is 0 Å². The Morgan fingerprint density at radius 1 is 1.42 bits per heavy atom. The van der Waals surface area contributed by atoms with Crippen molar-refractivity contribution in [1.29, 1.82) is 0 Å². The van der Waals surface area contributed by atoms with E-state index < -0.39 is 0 Å². The maximum absolute atomic E-state index is 6.11. The van der Waals surface area contributed by atoms with E-state index >= 15 is 0 Å². The number of aromatic nitrogens is 2. The van der Waals surface area contributed by atoms with Crippen molar-refractivity contribution in [1.82, 2.24) is 14.9 Å². The minimum atomic E-state index is 0.402.